The Balaban J connectivity index is 0.00000208. The average molecular weight is 353 g/mol. The maximum absolute atomic E-state index is 12.4. The van der Waals surface area contributed by atoms with E-state index in [9.17, 15) is 4.79 Å². The number of hydrogen-bond acceptors (Lipinski definition) is 4. The normalized spacial score (nSPS) is 20.5. The zero-order chi connectivity index (χ0) is 16.6. The second kappa shape index (κ2) is 7.36. The Kier molecular flexibility index (Phi) is 5.66. The van der Waals surface area contributed by atoms with Crippen molar-refractivity contribution in [1.82, 2.24) is 30.6 Å². The highest BCUT2D eigenvalue weighted by atomic mass is 35.5. The van der Waals surface area contributed by atoms with E-state index in [1.165, 1.54) is 0 Å². The van der Waals surface area contributed by atoms with Gasteiger partial charge in [0.2, 0.25) is 0 Å². The predicted molar refractivity (Wildman–Crippen MR) is 95.5 cm³/mol. The summed E-state index contributed by atoms with van der Waals surface area (Å²) in [5.74, 6) is -0.0953. The van der Waals surface area contributed by atoms with Crippen molar-refractivity contribution in [2.75, 3.05) is 6.54 Å². The average Bonchev–Trinajstić information content (AvgIpc) is 3.05. The van der Waals surface area contributed by atoms with Crippen molar-refractivity contribution in [1.29, 1.82) is 0 Å². The number of piperidine rings is 1. The molecule has 0 spiro atoms. The number of carbonyl (C=O) groups is 1. The quantitative estimate of drug-likeness (QED) is 0.784. The molecule has 0 saturated carbocycles. The fourth-order valence-electron chi connectivity index (χ4n) is 3.24. The van der Waals surface area contributed by atoms with Crippen LogP contribution in [0.25, 0.3) is 11.3 Å². The summed E-state index contributed by atoms with van der Waals surface area (Å²) in [6.45, 7) is 7.03. The van der Waals surface area contributed by atoms with Crippen LogP contribution < -0.4 is 10.6 Å². The van der Waals surface area contributed by atoms with E-state index in [2.05, 4.69) is 32.9 Å². The molecular weight excluding hydrogens is 328 g/mol. The Morgan fingerprint density at radius 2 is 2.17 bits per heavy atom. The molecule has 2 aromatic heterocycles. The van der Waals surface area contributed by atoms with Crippen LogP contribution in [-0.2, 0) is 7.05 Å². The third-order valence-corrected chi connectivity index (χ3v) is 4.55. The van der Waals surface area contributed by atoms with Crippen LogP contribution in [-0.4, -0.2) is 44.5 Å². The van der Waals surface area contributed by atoms with Gasteiger partial charge in [-0.15, -0.1) is 12.4 Å². The highest BCUT2D eigenvalue weighted by molar-refractivity contribution is 5.93. The lowest BCUT2D eigenvalue weighted by molar-refractivity contribution is 0.0920. The number of rotatable bonds is 3. The summed E-state index contributed by atoms with van der Waals surface area (Å²) in [6, 6.07) is 2.45. The lowest BCUT2D eigenvalue weighted by Crippen LogP contribution is -2.46. The summed E-state index contributed by atoms with van der Waals surface area (Å²) in [5, 5.41) is 18.0. The van der Waals surface area contributed by atoms with Crippen molar-refractivity contribution < 1.29 is 4.79 Å². The number of halogens is 1. The maximum atomic E-state index is 12.4. The van der Waals surface area contributed by atoms with Crippen molar-refractivity contribution >= 4 is 18.3 Å². The van der Waals surface area contributed by atoms with Crippen LogP contribution in [0, 0.1) is 13.8 Å². The number of nitrogens with zero attached hydrogens (tertiary/aromatic N) is 3. The molecule has 1 aliphatic rings. The lowest BCUT2D eigenvalue weighted by atomic mass is 10.0. The smallest absolute Gasteiger partial charge is 0.269 e. The van der Waals surface area contributed by atoms with E-state index >= 15 is 0 Å². The number of H-pyrrole nitrogens is 1. The molecule has 24 heavy (non-hydrogen) atoms. The largest absolute Gasteiger partial charge is 0.348 e. The highest BCUT2D eigenvalue weighted by Gasteiger charge is 2.22. The number of carbonyl (C=O) groups excluding carboxylic acids is 1. The predicted octanol–water partition coefficient (Wildman–Crippen LogP) is 1.72. The van der Waals surface area contributed by atoms with E-state index in [-0.39, 0.29) is 24.4 Å². The van der Waals surface area contributed by atoms with E-state index in [4.69, 9.17) is 0 Å². The van der Waals surface area contributed by atoms with Crippen molar-refractivity contribution in [3.05, 3.63) is 23.1 Å². The Labute approximate surface area is 148 Å². The summed E-state index contributed by atoms with van der Waals surface area (Å²) < 4.78 is 1.83. The van der Waals surface area contributed by atoms with Gasteiger partial charge in [0.05, 0.1) is 11.4 Å². The monoisotopic (exact) mass is 352 g/mol. The third-order valence-electron chi connectivity index (χ3n) is 4.55. The van der Waals surface area contributed by atoms with Gasteiger partial charge in [-0.1, -0.05) is 0 Å². The van der Waals surface area contributed by atoms with Crippen molar-refractivity contribution in [3.8, 4) is 11.3 Å². The molecule has 2 aromatic rings. The van der Waals surface area contributed by atoms with Crippen LogP contribution in [0.3, 0.4) is 0 Å². The fourth-order valence-corrected chi connectivity index (χ4v) is 3.24. The van der Waals surface area contributed by atoms with Gasteiger partial charge >= 0.3 is 0 Å². The molecule has 0 radical (unpaired) electrons. The molecule has 1 fully saturated rings. The Bertz CT molecular complexity index is 722. The van der Waals surface area contributed by atoms with Crippen molar-refractivity contribution in [2.45, 2.75) is 45.7 Å². The van der Waals surface area contributed by atoms with Crippen LogP contribution in [0.1, 0.15) is 41.6 Å². The first-order chi connectivity index (χ1) is 11.0. The number of aromatic amines is 1. The van der Waals surface area contributed by atoms with Gasteiger partial charge < -0.3 is 10.6 Å². The molecule has 0 bridgehead atoms. The van der Waals surface area contributed by atoms with E-state index in [0.29, 0.717) is 11.7 Å². The minimum absolute atomic E-state index is 0. The fraction of sp³-hybridized carbons (Fsp3) is 0.562. The Hall–Kier alpha value is -1.86. The van der Waals surface area contributed by atoms with Crippen LogP contribution in [0.2, 0.25) is 0 Å². The number of aromatic nitrogens is 4. The highest BCUT2D eigenvalue weighted by Crippen LogP contribution is 2.25. The first-order valence-electron chi connectivity index (χ1n) is 8.06. The molecule has 0 aliphatic carbocycles. The van der Waals surface area contributed by atoms with Crippen LogP contribution in [0.15, 0.2) is 6.07 Å². The third kappa shape index (κ3) is 3.62. The molecule has 3 rings (SSSR count). The van der Waals surface area contributed by atoms with Crippen LogP contribution >= 0.6 is 12.4 Å². The molecule has 0 aromatic carbocycles. The summed E-state index contributed by atoms with van der Waals surface area (Å²) in [5.41, 5.74) is 4.19. The standard InChI is InChI=1S/C16H24N6O.ClH/c1-9-7-12(5-6-17-9)18-16(23)14-8-13(19-20-14)15-10(2)21-22(4)11(15)3;/h8-9,12,17H,5-7H2,1-4H3,(H,18,23)(H,19,20);1H. The number of aryl methyl sites for hydroxylation is 2. The molecule has 1 aliphatic heterocycles. The summed E-state index contributed by atoms with van der Waals surface area (Å²) in [6.07, 6.45) is 1.91. The maximum Gasteiger partial charge on any atom is 0.269 e. The second-order valence-corrected chi connectivity index (χ2v) is 6.39. The summed E-state index contributed by atoms with van der Waals surface area (Å²) in [7, 11) is 1.91. The summed E-state index contributed by atoms with van der Waals surface area (Å²) >= 11 is 0. The number of nitrogens with one attached hydrogen (secondary N) is 3. The van der Waals surface area contributed by atoms with Gasteiger partial charge in [-0.2, -0.15) is 10.2 Å². The SMILES string of the molecule is Cc1nn(C)c(C)c1-c1cc(C(=O)NC2CCNC(C)C2)[nH]n1.Cl. The van der Waals surface area contributed by atoms with Gasteiger partial charge in [-0.3, -0.25) is 14.6 Å². The van der Waals surface area contributed by atoms with Gasteiger partial charge in [0.25, 0.3) is 5.91 Å². The molecule has 8 heteroatoms. The molecule has 7 nitrogen and oxygen atoms in total. The molecule has 3 heterocycles. The topological polar surface area (TPSA) is 87.6 Å². The van der Waals surface area contributed by atoms with E-state index in [1.807, 2.05) is 25.6 Å². The van der Waals surface area contributed by atoms with Crippen molar-refractivity contribution in [2.24, 2.45) is 7.05 Å². The molecule has 3 N–H and O–H groups in total. The molecular formula is C16H25ClN6O. The molecule has 132 valence electrons. The first-order valence-corrected chi connectivity index (χ1v) is 8.06. The summed E-state index contributed by atoms with van der Waals surface area (Å²) in [4.78, 5) is 12.4. The van der Waals surface area contributed by atoms with Gasteiger partial charge in [-0.05, 0) is 46.2 Å². The molecule has 1 amide bonds. The van der Waals surface area contributed by atoms with E-state index in [0.717, 1.165) is 42.0 Å². The van der Waals surface area contributed by atoms with Crippen molar-refractivity contribution in [3.63, 3.8) is 0 Å². The zero-order valence-corrected chi connectivity index (χ0v) is 15.3. The zero-order valence-electron chi connectivity index (χ0n) is 14.5. The van der Waals surface area contributed by atoms with Crippen LogP contribution in [0.4, 0.5) is 0 Å². The number of amides is 1. The second-order valence-electron chi connectivity index (χ2n) is 6.39. The van der Waals surface area contributed by atoms with Gasteiger partial charge in [0.15, 0.2) is 0 Å². The van der Waals surface area contributed by atoms with Gasteiger partial charge in [-0.25, -0.2) is 0 Å². The Morgan fingerprint density at radius 1 is 1.42 bits per heavy atom. The number of hydrogen-bond donors (Lipinski definition) is 3. The van der Waals surface area contributed by atoms with E-state index in [1.54, 1.807) is 6.07 Å². The van der Waals surface area contributed by atoms with E-state index < -0.39 is 0 Å². The minimum atomic E-state index is -0.0953. The minimum Gasteiger partial charge on any atom is -0.348 e. The molecule has 1 saturated heterocycles. The van der Waals surface area contributed by atoms with Gasteiger partial charge in [0, 0.05) is 30.4 Å². The molecule has 2 unspecified atom stereocenters. The lowest BCUT2D eigenvalue weighted by Gasteiger charge is -2.28. The Morgan fingerprint density at radius 3 is 2.79 bits per heavy atom. The molecule has 2 atom stereocenters. The first kappa shape index (κ1) is 18.5. The van der Waals surface area contributed by atoms with Gasteiger partial charge in [0.1, 0.15) is 5.69 Å². The van der Waals surface area contributed by atoms with Crippen LogP contribution in [0.5, 0.6) is 0 Å².